The Labute approximate surface area is 229 Å². The number of hydrazine groups is 2. The van der Waals surface area contributed by atoms with Crippen molar-refractivity contribution in [1.29, 1.82) is 5.26 Å². The molecule has 0 saturated heterocycles. The van der Waals surface area contributed by atoms with E-state index in [0.717, 1.165) is 10.6 Å². The number of fused-ring (bicyclic) bond motifs is 1. The van der Waals surface area contributed by atoms with E-state index in [0.29, 0.717) is 57.9 Å². The van der Waals surface area contributed by atoms with Crippen molar-refractivity contribution in [2.75, 3.05) is 17.2 Å². The predicted octanol–water partition coefficient (Wildman–Crippen LogP) is 6.10. The van der Waals surface area contributed by atoms with Gasteiger partial charge in [0.25, 0.3) is 6.43 Å². The second kappa shape index (κ2) is 9.84. The zero-order valence-corrected chi connectivity index (χ0v) is 23.1. The van der Waals surface area contributed by atoms with Crippen LogP contribution in [0.3, 0.4) is 0 Å². The smallest absolute Gasteiger partial charge is 0.262 e. The lowest BCUT2D eigenvalue weighted by Crippen LogP contribution is -2.48. The lowest BCUT2D eigenvalue weighted by atomic mass is 9.96. The molecule has 8 nitrogen and oxygen atoms in total. The minimum atomic E-state index is -2.47. The third-order valence-corrected chi connectivity index (χ3v) is 8.03. The van der Waals surface area contributed by atoms with Gasteiger partial charge in [0, 0.05) is 30.0 Å². The lowest BCUT2D eigenvalue weighted by Gasteiger charge is -2.25. The number of nitrogens with zero attached hydrogens (tertiary/aromatic N) is 4. The number of nitriles is 1. The summed E-state index contributed by atoms with van der Waals surface area (Å²) in [5, 5.41) is 19.3. The van der Waals surface area contributed by atoms with Crippen LogP contribution in [0, 0.1) is 23.7 Å². The number of hydrogen-bond acceptors (Lipinski definition) is 9. The standard InChI is InChI=1S/C26H29ClF2N8S/c1-14-23(38-13-33-14)22(19-11-37(36-35-19)26(5-6-26)24(28)29)34-16-7-17-20(32-12-25(2,3)4)15(9-30)10-31-21(17)18(27)8-16/h7-8,10-11,13,22,24,34-36H,5-6,12H2,1-4H3,(H,31,32)/t22-/m1/s1. The zero-order valence-electron chi connectivity index (χ0n) is 21.5. The van der Waals surface area contributed by atoms with Gasteiger partial charge in [0.15, 0.2) is 0 Å². The van der Waals surface area contributed by atoms with Crippen LogP contribution in [0.1, 0.15) is 55.8 Å². The number of aromatic nitrogens is 2. The molecule has 1 aliphatic carbocycles. The molecule has 1 saturated carbocycles. The molecule has 12 heteroatoms. The molecule has 200 valence electrons. The first-order chi connectivity index (χ1) is 18.0. The van der Waals surface area contributed by atoms with E-state index in [9.17, 15) is 14.0 Å². The minimum absolute atomic E-state index is 0.0204. The maximum Gasteiger partial charge on any atom is 0.262 e. The summed E-state index contributed by atoms with van der Waals surface area (Å²) >= 11 is 8.16. The summed E-state index contributed by atoms with van der Waals surface area (Å²) in [4.78, 5) is 9.77. The van der Waals surface area contributed by atoms with E-state index >= 15 is 0 Å². The van der Waals surface area contributed by atoms with Gasteiger partial charge in [-0.3, -0.25) is 9.99 Å². The zero-order chi connectivity index (χ0) is 27.2. The van der Waals surface area contributed by atoms with Gasteiger partial charge in [-0.15, -0.1) is 16.9 Å². The highest BCUT2D eigenvalue weighted by atomic mass is 35.5. The maximum atomic E-state index is 13.8. The summed E-state index contributed by atoms with van der Waals surface area (Å²) in [6, 6.07) is 5.49. The molecule has 38 heavy (non-hydrogen) atoms. The number of rotatable bonds is 8. The average Bonchev–Trinajstić information content (AvgIpc) is 3.33. The lowest BCUT2D eigenvalue weighted by molar-refractivity contribution is 0.00911. The predicted molar refractivity (Wildman–Crippen MR) is 147 cm³/mol. The molecule has 2 aromatic heterocycles. The van der Waals surface area contributed by atoms with Gasteiger partial charge in [-0.25, -0.2) is 13.8 Å². The molecule has 0 bridgehead atoms. The largest absolute Gasteiger partial charge is 0.383 e. The summed E-state index contributed by atoms with van der Waals surface area (Å²) in [7, 11) is 0. The molecular weight excluding hydrogens is 530 g/mol. The van der Waals surface area contributed by atoms with Crippen molar-refractivity contribution in [2.45, 2.75) is 58.5 Å². The van der Waals surface area contributed by atoms with Gasteiger partial charge in [0.2, 0.25) is 0 Å². The normalized spacial score (nSPS) is 17.2. The van der Waals surface area contributed by atoms with Gasteiger partial charge in [0.1, 0.15) is 17.6 Å². The Bertz CT molecular complexity index is 1440. The van der Waals surface area contributed by atoms with E-state index in [1.165, 1.54) is 22.5 Å². The molecule has 3 aromatic rings. The van der Waals surface area contributed by atoms with Crippen LogP contribution in [-0.2, 0) is 0 Å². The number of thiazole rings is 1. The molecule has 1 fully saturated rings. The van der Waals surface area contributed by atoms with Crippen molar-refractivity contribution in [2.24, 2.45) is 5.41 Å². The fraction of sp³-hybridized carbons (Fsp3) is 0.423. The number of alkyl halides is 2. The molecule has 2 aliphatic rings. The molecule has 0 unspecified atom stereocenters. The van der Waals surface area contributed by atoms with Crippen LogP contribution in [0.25, 0.3) is 10.9 Å². The van der Waals surface area contributed by atoms with Crippen molar-refractivity contribution in [3.8, 4) is 6.07 Å². The van der Waals surface area contributed by atoms with E-state index < -0.39 is 18.0 Å². The van der Waals surface area contributed by atoms with E-state index in [4.69, 9.17) is 11.6 Å². The Balaban J connectivity index is 1.55. The highest BCUT2D eigenvalue weighted by Crippen LogP contribution is 2.47. The quantitative estimate of drug-likeness (QED) is 0.263. The van der Waals surface area contributed by atoms with Gasteiger partial charge in [-0.05, 0) is 37.3 Å². The van der Waals surface area contributed by atoms with Crippen LogP contribution in [0.15, 0.2) is 35.7 Å². The number of hydrogen-bond donors (Lipinski definition) is 4. The summed E-state index contributed by atoms with van der Waals surface area (Å²) in [5.41, 5.74) is 10.4. The number of anilines is 2. The Hall–Kier alpha value is -3.20. The Morgan fingerprint density at radius 1 is 1.29 bits per heavy atom. The first-order valence-electron chi connectivity index (χ1n) is 12.3. The van der Waals surface area contributed by atoms with Crippen LogP contribution in [-0.4, -0.2) is 33.5 Å². The summed E-state index contributed by atoms with van der Waals surface area (Å²) in [6.45, 7) is 8.88. The third-order valence-electron chi connectivity index (χ3n) is 6.74. The molecule has 1 atom stereocenters. The molecule has 0 spiro atoms. The van der Waals surface area contributed by atoms with Crippen LogP contribution in [0.4, 0.5) is 20.2 Å². The van der Waals surface area contributed by atoms with Gasteiger partial charge in [-0.2, -0.15) is 5.26 Å². The molecule has 1 aromatic carbocycles. The monoisotopic (exact) mass is 558 g/mol. The van der Waals surface area contributed by atoms with Crippen molar-refractivity contribution in [1.82, 2.24) is 25.9 Å². The maximum absolute atomic E-state index is 13.8. The fourth-order valence-corrected chi connectivity index (χ4v) is 5.56. The number of halogens is 3. The van der Waals surface area contributed by atoms with E-state index in [1.807, 2.05) is 13.0 Å². The Morgan fingerprint density at radius 2 is 2.05 bits per heavy atom. The van der Waals surface area contributed by atoms with E-state index in [2.05, 4.69) is 58.4 Å². The number of pyridine rings is 1. The molecule has 0 radical (unpaired) electrons. The summed E-state index contributed by atoms with van der Waals surface area (Å²) in [6.07, 6.45) is 1.59. The Kier molecular flexibility index (Phi) is 6.84. The van der Waals surface area contributed by atoms with Gasteiger partial charge >= 0.3 is 0 Å². The van der Waals surface area contributed by atoms with E-state index in [1.54, 1.807) is 17.8 Å². The first kappa shape index (κ1) is 26.4. The number of nitrogens with one attached hydrogen (secondary N) is 4. The second-order valence-electron chi connectivity index (χ2n) is 10.9. The van der Waals surface area contributed by atoms with Gasteiger partial charge in [0.05, 0.1) is 43.6 Å². The van der Waals surface area contributed by atoms with Crippen molar-refractivity contribution in [3.63, 3.8) is 0 Å². The topological polar surface area (TPSA) is 101 Å². The summed E-state index contributed by atoms with van der Waals surface area (Å²) in [5.74, 6) is 0. The molecule has 0 amide bonds. The van der Waals surface area contributed by atoms with Gasteiger partial charge in [-0.1, -0.05) is 32.4 Å². The molecule has 1 aliphatic heterocycles. The SMILES string of the molecule is Cc1ncsc1[C@H](Nc1cc(Cl)c2ncc(C#N)c(NCC(C)(C)C)c2c1)C1=CN(C2(C(F)F)CC2)NN1. The van der Waals surface area contributed by atoms with Crippen LogP contribution < -0.4 is 21.6 Å². The molecule has 4 N–H and O–H groups in total. The Morgan fingerprint density at radius 3 is 2.66 bits per heavy atom. The molecule has 3 heterocycles. The van der Waals surface area contributed by atoms with Crippen molar-refractivity contribution in [3.05, 3.63) is 56.9 Å². The highest BCUT2D eigenvalue weighted by Gasteiger charge is 2.56. The van der Waals surface area contributed by atoms with Gasteiger partial charge < -0.3 is 16.1 Å². The highest BCUT2D eigenvalue weighted by molar-refractivity contribution is 7.09. The number of benzene rings is 1. The molecular formula is C26H29ClF2N8S. The second-order valence-corrected chi connectivity index (χ2v) is 12.2. The number of aryl methyl sites for hydroxylation is 1. The van der Waals surface area contributed by atoms with E-state index in [-0.39, 0.29) is 5.41 Å². The van der Waals surface area contributed by atoms with Crippen molar-refractivity contribution < 1.29 is 8.78 Å². The minimum Gasteiger partial charge on any atom is -0.383 e. The fourth-order valence-electron chi connectivity index (χ4n) is 4.42. The van der Waals surface area contributed by atoms with Crippen LogP contribution in [0.2, 0.25) is 5.02 Å². The average molecular weight is 559 g/mol. The van der Waals surface area contributed by atoms with Crippen LogP contribution in [0.5, 0.6) is 0 Å². The third kappa shape index (κ3) is 4.96. The van der Waals surface area contributed by atoms with Crippen molar-refractivity contribution >= 4 is 45.2 Å². The first-order valence-corrected chi connectivity index (χ1v) is 13.5. The summed E-state index contributed by atoms with van der Waals surface area (Å²) < 4.78 is 27.5. The molecule has 5 rings (SSSR count). The van der Waals surface area contributed by atoms with Crippen LogP contribution >= 0.6 is 22.9 Å².